The average molecular weight is 437 g/mol. The Hall–Kier alpha value is -2.64. The average Bonchev–Trinajstić information content (AvgIpc) is 3.07. The Labute approximate surface area is 186 Å². The second kappa shape index (κ2) is 6.23. The second-order valence-corrected chi connectivity index (χ2v) is 10.8. The minimum Gasteiger partial charge on any atom is -0.508 e. The Kier molecular flexibility index (Phi) is 3.90. The number of aromatic hydroxyl groups is 1. The van der Waals surface area contributed by atoms with Gasteiger partial charge in [0.2, 0.25) is 0 Å². The molecule has 1 saturated heterocycles. The number of carbonyl (C=O) groups is 1. The molecule has 2 aromatic rings. The molecule has 7 nitrogen and oxygen atoms in total. The Morgan fingerprint density at radius 2 is 2.09 bits per heavy atom. The number of hydrogen-bond acceptors (Lipinski definition) is 4. The van der Waals surface area contributed by atoms with Crippen LogP contribution in [0.3, 0.4) is 0 Å². The Morgan fingerprint density at radius 3 is 2.81 bits per heavy atom. The molecule has 1 aliphatic heterocycles. The van der Waals surface area contributed by atoms with Gasteiger partial charge < -0.3 is 25.8 Å². The van der Waals surface area contributed by atoms with Gasteiger partial charge in [-0.15, -0.1) is 0 Å². The zero-order chi connectivity index (χ0) is 22.5. The summed E-state index contributed by atoms with van der Waals surface area (Å²) in [6.45, 7) is 5.63. The van der Waals surface area contributed by atoms with E-state index in [-0.39, 0.29) is 34.2 Å². The predicted octanol–water partition coefficient (Wildman–Crippen LogP) is 0.225. The lowest BCUT2D eigenvalue weighted by Gasteiger charge is -2.54. The Balaban J connectivity index is 1.41. The van der Waals surface area contributed by atoms with Crippen LogP contribution in [0.15, 0.2) is 29.1 Å². The summed E-state index contributed by atoms with van der Waals surface area (Å²) in [7, 11) is 0. The number of amides is 1. The first-order chi connectivity index (χ1) is 15.2. The van der Waals surface area contributed by atoms with Crippen molar-refractivity contribution in [2.24, 2.45) is 5.92 Å². The number of phenols is 1. The summed E-state index contributed by atoms with van der Waals surface area (Å²) in [5, 5.41) is 27.4. The highest BCUT2D eigenvalue weighted by molar-refractivity contribution is 5.94. The van der Waals surface area contributed by atoms with Crippen LogP contribution in [0.1, 0.15) is 59.4 Å². The summed E-state index contributed by atoms with van der Waals surface area (Å²) in [6, 6.07) is 7.30. The van der Waals surface area contributed by atoms with E-state index in [0.29, 0.717) is 25.3 Å². The fourth-order valence-electron chi connectivity index (χ4n) is 7.25. The van der Waals surface area contributed by atoms with Crippen LogP contribution in [-0.4, -0.2) is 45.8 Å². The van der Waals surface area contributed by atoms with Gasteiger partial charge in [0.25, 0.3) is 11.5 Å². The van der Waals surface area contributed by atoms with Crippen LogP contribution in [-0.2, 0) is 23.7 Å². The highest BCUT2D eigenvalue weighted by Gasteiger charge is 2.82. The zero-order valence-corrected chi connectivity index (χ0v) is 18.5. The highest BCUT2D eigenvalue weighted by atomic mass is 16.3. The van der Waals surface area contributed by atoms with Crippen molar-refractivity contribution < 1.29 is 20.3 Å². The van der Waals surface area contributed by atoms with Crippen molar-refractivity contribution in [3.05, 3.63) is 62.6 Å². The molecule has 1 saturated carbocycles. The fourth-order valence-corrected chi connectivity index (χ4v) is 7.25. The molecule has 4 atom stereocenters. The van der Waals surface area contributed by atoms with E-state index in [0.717, 1.165) is 36.2 Å². The number of aromatic nitrogens is 1. The van der Waals surface area contributed by atoms with Gasteiger partial charge in [-0.1, -0.05) is 19.9 Å². The summed E-state index contributed by atoms with van der Waals surface area (Å²) >= 11 is 0. The minimum absolute atomic E-state index is 0.0513. The van der Waals surface area contributed by atoms with Crippen molar-refractivity contribution in [1.29, 1.82) is 0 Å². The smallest absolute Gasteiger partial charge is 0.261 e. The molecule has 32 heavy (non-hydrogen) atoms. The summed E-state index contributed by atoms with van der Waals surface area (Å²) in [5.74, 6) is 0.308. The maximum Gasteiger partial charge on any atom is 0.261 e. The van der Waals surface area contributed by atoms with Crippen LogP contribution >= 0.6 is 0 Å². The number of phenolic OH excluding ortho intramolecular Hbond substituents is 1. The monoisotopic (exact) mass is 436 g/mol. The number of rotatable bonds is 4. The standard InChI is InChI=1S/C25H29N3O4/c1-13(2)5-6-26-20(30)16-7-14-9-25(32)22-23(12-27-22)11-24(25,10-19(14)28-21(16)31)18-8-15(29)3-4-17(18)23/h3-4,7-8,13,22,27,29,32H,5-6,9-12H2,1-2H3,(H,26,30)(H,28,31)/p+1. The third-order valence-electron chi connectivity index (χ3n) is 8.73. The number of hydrogen-bond donors (Lipinski definition) is 5. The van der Waals surface area contributed by atoms with Gasteiger partial charge in [0.1, 0.15) is 28.4 Å². The first kappa shape index (κ1) is 20.0. The first-order valence-corrected chi connectivity index (χ1v) is 11.6. The molecule has 4 aliphatic rings. The minimum atomic E-state index is -0.983. The third kappa shape index (κ3) is 2.28. The van der Waals surface area contributed by atoms with Crippen LogP contribution in [0.4, 0.5) is 0 Å². The molecule has 4 unspecified atom stereocenters. The molecule has 1 amide bonds. The molecular formula is C25H30N3O4+. The van der Waals surface area contributed by atoms with Crippen LogP contribution in [0.2, 0.25) is 0 Å². The van der Waals surface area contributed by atoms with E-state index < -0.39 is 11.0 Å². The van der Waals surface area contributed by atoms with Crippen LogP contribution < -0.4 is 16.2 Å². The normalized spacial score (nSPS) is 33.2. The van der Waals surface area contributed by atoms with Crippen molar-refractivity contribution in [3.8, 4) is 5.75 Å². The highest BCUT2D eigenvalue weighted by Crippen LogP contribution is 2.68. The van der Waals surface area contributed by atoms with Gasteiger partial charge >= 0.3 is 0 Å². The number of aliphatic hydroxyl groups is 1. The summed E-state index contributed by atoms with van der Waals surface area (Å²) in [5.41, 5.74) is 2.02. The van der Waals surface area contributed by atoms with Crippen LogP contribution in [0.5, 0.6) is 5.75 Å². The van der Waals surface area contributed by atoms with E-state index >= 15 is 0 Å². The van der Waals surface area contributed by atoms with Crippen molar-refractivity contribution in [1.82, 2.24) is 10.3 Å². The molecule has 0 radical (unpaired) electrons. The van der Waals surface area contributed by atoms with E-state index in [1.165, 1.54) is 5.56 Å². The van der Waals surface area contributed by atoms with Gasteiger partial charge in [0.05, 0.1) is 6.54 Å². The first-order valence-electron chi connectivity index (χ1n) is 11.6. The number of benzene rings is 1. The molecule has 1 aromatic carbocycles. The van der Waals surface area contributed by atoms with Gasteiger partial charge in [-0.25, -0.2) is 0 Å². The molecule has 1 aromatic heterocycles. The number of nitrogens with two attached hydrogens (primary N) is 1. The number of fused-ring (bicyclic) bond motifs is 3. The number of nitrogens with one attached hydrogen (secondary N) is 2. The van der Waals surface area contributed by atoms with Crippen LogP contribution in [0, 0.1) is 5.92 Å². The summed E-state index contributed by atoms with van der Waals surface area (Å²) in [4.78, 5) is 28.5. The quantitative estimate of drug-likeness (QED) is 0.471. The summed E-state index contributed by atoms with van der Waals surface area (Å²) in [6.07, 6.45) is 2.58. The van der Waals surface area contributed by atoms with Crippen molar-refractivity contribution >= 4 is 5.91 Å². The van der Waals surface area contributed by atoms with E-state index in [4.69, 9.17) is 0 Å². The molecule has 3 aliphatic carbocycles. The van der Waals surface area contributed by atoms with Crippen molar-refractivity contribution in [2.45, 2.75) is 62.0 Å². The van der Waals surface area contributed by atoms with Gasteiger partial charge in [0.15, 0.2) is 0 Å². The van der Waals surface area contributed by atoms with E-state index in [1.807, 2.05) is 12.1 Å². The number of pyridine rings is 1. The SMILES string of the molecule is CC(C)CCNC(=O)c1cc2c([nH]c1=O)CC13CC4(C[NH2+]C4C1(O)C2)c1ccc(O)cc13. The second-order valence-electron chi connectivity index (χ2n) is 10.8. The maximum atomic E-state index is 12.8. The molecule has 6 N–H and O–H groups in total. The number of quaternary nitrogens is 1. The number of aromatic amines is 1. The van der Waals surface area contributed by atoms with Gasteiger partial charge in [-0.2, -0.15) is 0 Å². The Bertz CT molecular complexity index is 1220. The van der Waals surface area contributed by atoms with Crippen molar-refractivity contribution in [2.75, 3.05) is 13.1 Å². The van der Waals surface area contributed by atoms with Gasteiger partial charge in [-0.3, -0.25) is 9.59 Å². The van der Waals surface area contributed by atoms with Gasteiger partial charge in [0, 0.05) is 30.5 Å². The van der Waals surface area contributed by atoms with Crippen LogP contribution in [0.25, 0.3) is 0 Å². The van der Waals surface area contributed by atoms with Crippen molar-refractivity contribution in [3.63, 3.8) is 0 Å². The lowest BCUT2D eigenvalue weighted by atomic mass is 9.56. The lowest BCUT2D eigenvalue weighted by Crippen LogP contribution is -3.10. The lowest BCUT2D eigenvalue weighted by molar-refractivity contribution is -0.775. The Morgan fingerprint density at radius 1 is 1.28 bits per heavy atom. The fraction of sp³-hybridized carbons (Fsp3) is 0.520. The predicted molar refractivity (Wildman–Crippen MR) is 118 cm³/mol. The topological polar surface area (TPSA) is 119 Å². The van der Waals surface area contributed by atoms with Gasteiger partial charge in [-0.05, 0) is 53.6 Å². The van der Waals surface area contributed by atoms with E-state index in [9.17, 15) is 19.8 Å². The number of carbonyl (C=O) groups excluding carboxylic acids is 1. The molecule has 6 rings (SSSR count). The molecule has 168 valence electrons. The molecule has 2 heterocycles. The third-order valence-corrected chi connectivity index (χ3v) is 8.73. The summed E-state index contributed by atoms with van der Waals surface area (Å²) < 4.78 is 0. The largest absolute Gasteiger partial charge is 0.508 e. The van der Waals surface area contributed by atoms with E-state index in [1.54, 1.807) is 12.1 Å². The molecular weight excluding hydrogens is 406 g/mol. The molecule has 2 fully saturated rings. The number of H-pyrrole nitrogens is 1. The zero-order valence-electron chi connectivity index (χ0n) is 18.5. The molecule has 2 bridgehead atoms. The molecule has 2 spiro atoms. The maximum absolute atomic E-state index is 12.8. The van der Waals surface area contributed by atoms with E-state index in [2.05, 4.69) is 29.5 Å². The molecule has 7 heteroatoms.